The Bertz CT molecular complexity index is 438. The number of carbonyl (C=O) groups is 1. The minimum Gasteiger partial charge on any atom is -0.491 e. The Morgan fingerprint density at radius 2 is 2.05 bits per heavy atom. The molecule has 1 aromatic carbocycles. The third kappa shape index (κ3) is 4.03. The number of hydrogen-bond acceptors (Lipinski definition) is 3. The average molecular weight is 265 g/mol. The van der Waals surface area contributed by atoms with E-state index in [1.54, 1.807) is 12.1 Å². The molecule has 104 valence electrons. The maximum absolute atomic E-state index is 13.7. The van der Waals surface area contributed by atoms with Gasteiger partial charge in [0, 0.05) is 32.5 Å². The van der Waals surface area contributed by atoms with E-state index in [9.17, 15) is 9.18 Å². The summed E-state index contributed by atoms with van der Waals surface area (Å²) in [6.07, 6.45) is 2.10. The fourth-order valence-electron chi connectivity index (χ4n) is 2.29. The van der Waals surface area contributed by atoms with Crippen LogP contribution in [0.15, 0.2) is 18.2 Å². The van der Waals surface area contributed by atoms with Crippen LogP contribution in [0.5, 0.6) is 5.75 Å². The van der Waals surface area contributed by atoms with Gasteiger partial charge in [0.05, 0.1) is 6.61 Å². The van der Waals surface area contributed by atoms with Crippen molar-refractivity contribution in [1.29, 1.82) is 0 Å². The van der Waals surface area contributed by atoms with Gasteiger partial charge >= 0.3 is 0 Å². The summed E-state index contributed by atoms with van der Waals surface area (Å²) >= 11 is 0. The Hall–Kier alpha value is -1.42. The van der Waals surface area contributed by atoms with E-state index in [1.165, 1.54) is 0 Å². The smallest absolute Gasteiger partial charge is 0.165 e. The molecule has 0 radical (unpaired) electrons. The first-order valence-electron chi connectivity index (χ1n) is 6.84. The fraction of sp³-hybridized carbons (Fsp3) is 0.533. The predicted molar refractivity (Wildman–Crippen MR) is 72.0 cm³/mol. The van der Waals surface area contributed by atoms with Gasteiger partial charge in [-0.3, -0.25) is 4.79 Å². The van der Waals surface area contributed by atoms with Crippen LogP contribution in [0.4, 0.5) is 4.39 Å². The lowest BCUT2D eigenvalue weighted by atomic mass is 10.1. The van der Waals surface area contributed by atoms with Gasteiger partial charge in [0.2, 0.25) is 0 Å². The number of Topliss-reactive ketones (excluding diaryl/α,β-unsaturated/α-hetero) is 1. The SMILES string of the molecule is CCOc1ccc(CCN2CCC(=O)CC2)cc1F. The normalized spacial score (nSPS) is 16.6. The molecule has 1 fully saturated rings. The number of ketones is 1. The summed E-state index contributed by atoms with van der Waals surface area (Å²) in [5, 5.41) is 0. The van der Waals surface area contributed by atoms with Gasteiger partial charge in [-0.15, -0.1) is 0 Å². The lowest BCUT2D eigenvalue weighted by Crippen LogP contribution is -2.35. The third-order valence-corrected chi connectivity index (χ3v) is 3.43. The molecule has 0 N–H and O–H groups in total. The molecule has 1 aliphatic heterocycles. The highest BCUT2D eigenvalue weighted by Gasteiger charge is 2.15. The maximum atomic E-state index is 13.7. The van der Waals surface area contributed by atoms with Crippen molar-refractivity contribution >= 4 is 5.78 Å². The van der Waals surface area contributed by atoms with Crippen molar-refractivity contribution in [2.45, 2.75) is 26.2 Å². The van der Waals surface area contributed by atoms with Crippen molar-refractivity contribution in [1.82, 2.24) is 4.90 Å². The van der Waals surface area contributed by atoms with Crippen molar-refractivity contribution in [3.8, 4) is 5.75 Å². The second kappa shape index (κ2) is 6.66. The second-order valence-corrected chi connectivity index (χ2v) is 4.83. The monoisotopic (exact) mass is 265 g/mol. The highest BCUT2D eigenvalue weighted by molar-refractivity contribution is 5.79. The van der Waals surface area contributed by atoms with Crippen molar-refractivity contribution in [2.75, 3.05) is 26.2 Å². The van der Waals surface area contributed by atoms with Crippen LogP contribution in [-0.2, 0) is 11.2 Å². The van der Waals surface area contributed by atoms with Gasteiger partial charge < -0.3 is 9.64 Å². The van der Waals surface area contributed by atoms with Crippen molar-refractivity contribution < 1.29 is 13.9 Å². The van der Waals surface area contributed by atoms with Gasteiger partial charge in [0.25, 0.3) is 0 Å². The van der Waals surface area contributed by atoms with Gasteiger partial charge in [-0.2, -0.15) is 0 Å². The largest absolute Gasteiger partial charge is 0.491 e. The molecule has 0 unspecified atom stereocenters. The van der Waals surface area contributed by atoms with E-state index >= 15 is 0 Å². The number of piperidine rings is 1. The number of benzene rings is 1. The highest BCUT2D eigenvalue weighted by Crippen LogP contribution is 2.19. The lowest BCUT2D eigenvalue weighted by molar-refractivity contribution is -0.121. The number of carbonyl (C=O) groups excluding carboxylic acids is 1. The maximum Gasteiger partial charge on any atom is 0.165 e. The Labute approximate surface area is 113 Å². The highest BCUT2D eigenvalue weighted by atomic mass is 19.1. The van der Waals surface area contributed by atoms with Crippen LogP contribution in [0.25, 0.3) is 0 Å². The second-order valence-electron chi connectivity index (χ2n) is 4.83. The lowest BCUT2D eigenvalue weighted by Gasteiger charge is -2.25. The molecule has 4 heteroatoms. The van der Waals surface area contributed by atoms with E-state index in [4.69, 9.17) is 4.74 Å². The van der Waals surface area contributed by atoms with Crippen LogP contribution >= 0.6 is 0 Å². The van der Waals surface area contributed by atoms with Crippen LogP contribution in [0.1, 0.15) is 25.3 Å². The first-order chi connectivity index (χ1) is 9.19. The van der Waals surface area contributed by atoms with Crippen LogP contribution in [0.3, 0.4) is 0 Å². The number of likely N-dealkylation sites (tertiary alicyclic amines) is 1. The molecule has 0 atom stereocenters. The molecule has 0 amide bonds. The summed E-state index contributed by atoms with van der Waals surface area (Å²) in [5.41, 5.74) is 0.970. The quantitative estimate of drug-likeness (QED) is 0.819. The molecule has 0 spiro atoms. The van der Waals surface area contributed by atoms with E-state index < -0.39 is 0 Å². The van der Waals surface area contributed by atoms with Crippen LogP contribution in [0.2, 0.25) is 0 Å². The summed E-state index contributed by atoms with van der Waals surface area (Å²) < 4.78 is 18.8. The molecule has 3 nitrogen and oxygen atoms in total. The van der Waals surface area contributed by atoms with Gasteiger partial charge in [-0.25, -0.2) is 4.39 Å². The number of nitrogens with zero attached hydrogens (tertiary/aromatic N) is 1. The number of rotatable bonds is 5. The zero-order valence-corrected chi connectivity index (χ0v) is 11.3. The minimum atomic E-state index is -0.298. The van der Waals surface area contributed by atoms with Gasteiger partial charge in [0.1, 0.15) is 5.78 Å². The molecule has 0 saturated carbocycles. The summed E-state index contributed by atoms with van der Waals surface area (Å²) in [6, 6.07) is 5.14. The van der Waals surface area contributed by atoms with E-state index in [-0.39, 0.29) is 5.82 Å². The van der Waals surface area contributed by atoms with Crippen molar-refractivity contribution in [3.05, 3.63) is 29.6 Å². The molecule has 19 heavy (non-hydrogen) atoms. The molecule has 0 bridgehead atoms. The first-order valence-corrected chi connectivity index (χ1v) is 6.84. The molecule has 0 aromatic heterocycles. The molecule has 0 aliphatic carbocycles. The Kier molecular flexibility index (Phi) is 4.91. The van der Waals surface area contributed by atoms with E-state index in [0.29, 0.717) is 31.0 Å². The predicted octanol–water partition coefficient (Wildman–Crippen LogP) is 2.43. The van der Waals surface area contributed by atoms with Crippen molar-refractivity contribution in [3.63, 3.8) is 0 Å². The third-order valence-electron chi connectivity index (χ3n) is 3.43. The van der Waals surface area contributed by atoms with E-state index in [0.717, 1.165) is 31.6 Å². The van der Waals surface area contributed by atoms with E-state index in [1.807, 2.05) is 13.0 Å². The average Bonchev–Trinajstić information content (AvgIpc) is 2.41. The number of halogens is 1. The zero-order chi connectivity index (χ0) is 13.7. The van der Waals surface area contributed by atoms with Crippen LogP contribution < -0.4 is 4.74 Å². The first kappa shape index (κ1) is 14.0. The van der Waals surface area contributed by atoms with Gasteiger partial charge in [-0.1, -0.05) is 6.07 Å². The zero-order valence-electron chi connectivity index (χ0n) is 11.3. The van der Waals surface area contributed by atoms with Crippen LogP contribution in [0, 0.1) is 5.82 Å². The molecule has 1 saturated heterocycles. The standard InChI is InChI=1S/C15H20FNO2/c1-2-19-15-4-3-12(11-14(15)16)5-8-17-9-6-13(18)7-10-17/h3-4,11H,2,5-10H2,1H3. The minimum absolute atomic E-state index is 0.298. The summed E-state index contributed by atoms with van der Waals surface area (Å²) in [6.45, 7) is 4.85. The van der Waals surface area contributed by atoms with Gasteiger partial charge in [-0.05, 0) is 31.0 Å². The van der Waals surface area contributed by atoms with Gasteiger partial charge in [0.15, 0.2) is 11.6 Å². The number of ether oxygens (including phenoxy) is 1. The van der Waals surface area contributed by atoms with Crippen molar-refractivity contribution in [2.24, 2.45) is 0 Å². The molecule has 1 aliphatic rings. The van der Waals surface area contributed by atoms with Crippen LogP contribution in [-0.4, -0.2) is 36.9 Å². The molecule has 1 heterocycles. The number of hydrogen-bond donors (Lipinski definition) is 0. The summed E-state index contributed by atoms with van der Waals surface area (Å²) in [5.74, 6) is 0.367. The Balaban J connectivity index is 1.86. The fourth-order valence-corrected chi connectivity index (χ4v) is 2.29. The molecular weight excluding hydrogens is 245 g/mol. The Morgan fingerprint density at radius 1 is 1.32 bits per heavy atom. The molecular formula is C15H20FNO2. The molecule has 2 rings (SSSR count). The summed E-state index contributed by atoms with van der Waals surface area (Å²) in [7, 11) is 0. The summed E-state index contributed by atoms with van der Waals surface area (Å²) in [4.78, 5) is 13.4. The van der Waals surface area contributed by atoms with E-state index in [2.05, 4.69) is 4.90 Å². The Morgan fingerprint density at radius 3 is 2.68 bits per heavy atom. The topological polar surface area (TPSA) is 29.5 Å². The molecule has 1 aromatic rings.